The van der Waals surface area contributed by atoms with Crippen LogP contribution < -0.4 is 11.1 Å². The fraction of sp³-hybridized carbons (Fsp3) is 0.105. The van der Waals surface area contributed by atoms with Crippen molar-refractivity contribution in [2.75, 3.05) is 11.9 Å². The molecule has 0 bridgehead atoms. The van der Waals surface area contributed by atoms with Crippen molar-refractivity contribution in [2.45, 2.75) is 5.92 Å². The summed E-state index contributed by atoms with van der Waals surface area (Å²) in [5, 5.41) is 5.01. The zero-order valence-electron chi connectivity index (χ0n) is 12.7. The van der Waals surface area contributed by atoms with Crippen LogP contribution in [0.3, 0.4) is 0 Å². The second kappa shape index (κ2) is 6.58. The van der Waals surface area contributed by atoms with Crippen molar-refractivity contribution in [2.24, 2.45) is 5.73 Å². The van der Waals surface area contributed by atoms with Crippen LogP contribution in [0.1, 0.15) is 17.0 Å². The topological polar surface area (TPSA) is 68.0 Å². The molecule has 0 saturated carbocycles. The maximum Gasteiger partial charge on any atom is 0.233 e. The molecule has 1 aromatic heterocycles. The van der Waals surface area contributed by atoms with Gasteiger partial charge in [-0.15, -0.1) is 0 Å². The Morgan fingerprint density at radius 1 is 1.13 bits per heavy atom. The first-order chi connectivity index (χ1) is 11.2. The zero-order valence-corrected chi connectivity index (χ0v) is 12.7. The van der Waals surface area contributed by atoms with E-state index in [9.17, 15) is 4.79 Å². The van der Waals surface area contributed by atoms with E-state index in [-0.39, 0.29) is 18.4 Å². The Balaban J connectivity index is 1.81. The number of hydrogen-bond acceptors (Lipinski definition) is 3. The Morgan fingerprint density at radius 3 is 2.65 bits per heavy atom. The summed E-state index contributed by atoms with van der Waals surface area (Å²) in [5.74, 6) is -0.499. The number of anilines is 1. The van der Waals surface area contributed by atoms with Crippen molar-refractivity contribution in [3.63, 3.8) is 0 Å². The molecular weight excluding hydrogens is 286 g/mol. The molecule has 3 aromatic rings. The third-order valence-electron chi connectivity index (χ3n) is 3.84. The lowest BCUT2D eigenvalue weighted by atomic mass is 9.97. The van der Waals surface area contributed by atoms with E-state index in [0.717, 1.165) is 27.6 Å². The normalized spacial score (nSPS) is 12.1. The van der Waals surface area contributed by atoms with Crippen LogP contribution in [0.2, 0.25) is 0 Å². The number of benzene rings is 2. The van der Waals surface area contributed by atoms with Crippen molar-refractivity contribution in [3.05, 3.63) is 79.0 Å². The number of carbonyl (C=O) groups excluding carboxylic acids is 1. The van der Waals surface area contributed by atoms with Gasteiger partial charge in [-0.3, -0.25) is 9.78 Å². The van der Waals surface area contributed by atoms with Crippen LogP contribution in [0, 0.1) is 6.92 Å². The summed E-state index contributed by atoms with van der Waals surface area (Å²) >= 11 is 0. The van der Waals surface area contributed by atoms with Gasteiger partial charge in [0.1, 0.15) is 0 Å². The van der Waals surface area contributed by atoms with Crippen LogP contribution in [0.15, 0.2) is 60.9 Å². The fourth-order valence-corrected chi connectivity index (χ4v) is 2.53. The summed E-state index contributed by atoms with van der Waals surface area (Å²) in [6.07, 6.45) is 3.53. The Bertz CT molecular complexity index is 827. The van der Waals surface area contributed by atoms with Gasteiger partial charge in [0.25, 0.3) is 0 Å². The average Bonchev–Trinajstić information content (AvgIpc) is 2.57. The first-order valence-corrected chi connectivity index (χ1v) is 7.44. The first-order valence-electron chi connectivity index (χ1n) is 7.44. The summed E-state index contributed by atoms with van der Waals surface area (Å²) in [6, 6.07) is 15.2. The Kier molecular flexibility index (Phi) is 4.35. The summed E-state index contributed by atoms with van der Waals surface area (Å²) in [6.45, 7) is 4.10. The summed E-state index contributed by atoms with van der Waals surface area (Å²) in [5.41, 5.74) is 8.36. The number of nitrogens with zero attached hydrogens (tertiary/aromatic N) is 1. The van der Waals surface area contributed by atoms with Gasteiger partial charge in [-0.25, -0.2) is 0 Å². The minimum absolute atomic E-state index is 0.113. The molecule has 0 aliphatic rings. The molecule has 1 radical (unpaired) electrons. The molecule has 4 nitrogen and oxygen atoms in total. The van der Waals surface area contributed by atoms with E-state index >= 15 is 0 Å². The second-order valence-corrected chi connectivity index (χ2v) is 5.46. The Labute approximate surface area is 135 Å². The summed E-state index contributed by atoms with van der Waals surface area (Å²) in [4.78, 5) is 16.6. The van der Waals surface area contributed by atoms with Gasteiger partial charge >= 0.3 is 0 Å². The van der Waals surface area contributed by atoms with Crippen molar-refractivity contribution in [1.29, 1.82) is 0 Å². The van der Waals surface area contributed by atoms with Crippen LogP contribution in [-0.4, -0.2) is 17.4 Å². The van der Waals surface area contributed by atoms with Crippen molar-refractivity contribution in [1.82, 2.24) is 4.98 Å². The Hall–Kier alpha value is -2.72. The van der Waals surface area contributed by atoms with E-state index in [1.807, 2.05) is 48.5 Å². The van der Waals surface area contributed by atoms with E-state index in [4.69, 9.17) is 5.73 Å². The number of fused-ring (bicyclic) bond motifs is 1. The number of aromatic nitrogens is 1. The van der Waals surface area contributed by atoms with Crippen molar-refractivity contribution >= 4 is 22.4 Å². The number of rotatable bonds is 4. The lowest BCUT2D eigenvalue weighted by Crippen LogP contribution is -2.27. The molecule has 0 unspecified atom stereocenters. The standard InChI is InChI=1S/C19H18N3O/c1-13-2-4-14(5-3-13)18(11-20)19(23)22-17-7-6-16-12-21-9-8-15(16)10-17/h2-10,12,18H,1,11,20H2,(H,22,23)/t18-/m0/s1. The molecule has 0 aliphatic heterocycles. The maximum absolute atomic E-state index is 12.5. The molecule has 2 aromatic carbocycles. The summed E-state index contributed by atoms with van der Waals surface area (Å²) < 4.78 is 0. The number of nitrogens with one attached hydrogen (secondary N) is 1. The van der Waals surface area contributed by atoms with Crippen LogP contribution in [0.4, 0.5) is 5.69 Å². The third-order valence-corrected chi connectivity index (χ3v) is 3.84. The number of carbonyl (C=O) groups is 1. The highest BCUT2D eigenvalue weighted by Gasteiger charge is 2.19. The van der Waals surface area contributed by atoms with E-state index in [1.54, 1.807) is 12.4 Å². The lowest BCUT2D eigenvalue weighted by molar-refractivity contribution is -0.117. The monoisotopic (exact) mass is 304 g/mol. The average molecular weight is 304 g/mol. The first kappa shape index (κ1) is 15.2. The minimum Gasteiger partial charge on any atom is -0.329 e. The van der Waals surface area contributed by atoms with Crippen LogP contribution in [-0.2, 0) is 4.79 Å². The number of nitrogens with two attached hydrogens (primary N) is 1. The van der Waals surface area contributed by atoms with Gasteiger partial charge in [-0.2, -0.15) is 0 Å². The molecule has 0 spiro atoms. The van der Waals surface area contributed by atoms with Gasteiger partial charge in [-0.05, 0) is 41.6 Å². The fourth-order valence-electron chi connectivity index (χ4n) is 2.53. The maximum atomic E-state index is 12.5. The molecule has 23 heavy (non-hydrogen) atoms. The second-order valence-electron chi connectivity index (χ2n) is 5.46. The molecular formula is C19H18N3O. The smallest absolute Gasteiger partial charge is 0.233 e. The summed E-state index contributed by atoms with van der Waals surface area (Å²) in [7, 11) is 0. The van der Waals surface area contributed by atoms with E-state index in [0.29, 0.717) is 0 Å². The molecule has 1 atom stereocenters. The highest BCUT2D eigenvalue weighted by Crippen LogP contribution is 2.21. The SMILES string of the molecule is [CH2]c1ccc([C@H](CN)C(=O)Nc2ccc3cnccc3c2)cc1. The lowest BCUT2D eigenvalue weighted by Gasteiger charge is -2.16. The van der Waals surface area contributed by atoms with E-state index in [1.165, 1.54) is 0 Å². The molecule has 3 rings (SSSR count). The van der Waals surface area contributed by atoms with E-state index < -0.39 is 0 Å². The van der Waals surface area contributed by atoms with Gasteiger partial charge < -0.3 is 11.1 Å². The number of hydrogen-bond donors (Lipinski definition) is 2. The van der Waals surface area contributed by atoms with E-state index in [2.05, 4.69) is 17.2 Å². The van der Waals surface area contributed by atoms with Crippen LogP contribution in [0.25, 0.3) is 10.8 Å². The van der Waals surface area contributed by atoms with Gasteiger partial charge in [-0.1, -0.05) is 30.3 Å². The van der Waals surface area contributed by atoms with Gasteiger partial charge in [0.05, 0.1) is 5.92 Å². The van der Waals surface area contributed by atoms with Gasteiger partial charge in [0.2, 0.25) is 5.91 Å². The molecule has 4 heteroatoms. The number of amides is 1. The highest BCUT2D eigenvalue weighted by molar-refractivity contribution is 5.98. The largest absolute Gasteiger partial charge is 0.329 e. The molecule has 115 valence electrons. The predicted octanol–water partition coefficient (Wildman–Crippen LogP) is 3.10. The zero-order chi connectivity index (χ0) is 16.2. The Morgan fingerprint density at radius 2 is 1.91 bits per heavy atom. The van der Waals surface area contributed by atoms with Gasteiger partial charge in [0, 0.05) is 30.0 Å². The number of pyridine rings is 1. The quantitative estimate of drug-likeness (QED) is 0.778. The van der Waals surface area contributed by atoms with Gasteiger partial charge in [0.15, 0.2) is 0 Å². The van der Waals surface area contributed by atoms with Crippen LogP contribution in [0.5, 0.6) is 0 Å². The molecule has 0 saturated heterocycles. The minimum atomic E-state index is -0.385. The molecule has 0 fully saturated rings. The molecule has 1 heterocycles. The van der Waals surface area contributed by atoms with Crippen molar-refractivity contribution in [3.8, 4) is 0 Å². The molecule has 1 amide bonds. The predicted molar refractivity (Wildman–Crippen MR) is 93.1 cm³/mol. The molecule has 3 N–H and O–H groups in total. The molecule has 0 aliphatic carbocycles. The highest BCUT2D eigenvalue weighted by atomic mass is 16.1. The third kappa shape index (κ3) is 3.38. The van der Waals surface area contributed by atoms with Crippen molar-refractivity contribution < 1.29 is 4.79 Å². The van der Waals surface area contributed by atoms with Crippen LogP contribution >= 0.6 is 0 Å².